The molecule has 0 radical (unpaired) electrons. The van der Waals surface area contributed by atoms with Gasteiger partial charge in [0.15, 0.2) is 18.9 Å². The van der Waals surface area contributed by atoms with E-state index in [1.54, 1.807) is 0 Å². The van der Waals surface area contributed by atoms with Crippen molar-refractivity contribution in [3.05, 3.63) is 71.8 Å². The lowest BCUT2D eigenvalue weighted by atomic mass is 9.79. The van der Waals surface area contributed by atoms with E-state index in [0.717, 1.165) is 56.9 Å². The Bertz CT molecular complexity index is 2840. The number of esters is 3. The van der Waals surface area contributed by atoms with Crippen molar-refractivity contribution < 1.29 is 101 Å². The second-order valence-electron chi connectivity index (χ2n) is 30.2. The predicted molar refractivity (Wildman–Crippen MR) is 429 cm³/mol. The van der Waals surface area contributed by atoms with Gasteiger partial charge in [0.2, 0.25) is 11.8 Å². The van der Waals surface area contributed by atoms with Gasteiger partial charge in [-0.2, -0.15) is 5.26 Å². The Hall–Kier alpha value is -5.37. The topological polar surface area (TPSA) is 320 Å². The Morgan fingerprint density at radius 3 is 1.19 bits per heavy atom. The molecule has 0 aromatic heterocycles. The van der Waals surface area contributed by atoms with Gasteiger partial charge >= 0.3 is 23.9 Å². The number of aliphatic carboxylic acids is 1. The number of nitrogens with zero attached hydrogens (tertiary/aromatic N) is 2. The smallest absolute Gasteiger partial charge is 0.303 e. The Labute approximate surface area is 668 Å². The number of benzene rings is 2. The number of ether oxygens (including phenoxy) is 11. The summed E-state index contributed by atoms with van der Waals surface area (Å²) in [5.74, 6) is 1.20. The van der Waals surface area contributed by atoms with Crippen LogP contribution in [0.15, 0.2) is 60.7 Å². The fourth-order valence-corrected chi connectivity index (χ4v) is 14.1. The Balaban J connectivity index is 0.000000785. The van der Waals surface area contributed by atoms with E-state index >= 15 is 0 Å². The Morgan fingerprint density at radius 2 is 0.865 bits per heavy atom. The summed E-state index contributed by atoms with van der Waals surface area (Å²) < 4.78 is 92.6. The molecule has 5 N–H and O–H groups in total. The maximum atomic E-state index is 12.4. The number of carbonyl (C=O) groups excluding carboxylic acids is 5. The summed E-state index contributed by atoms with van der Waals surface area (Å²) in [4.78, 5) is 68.3. The first-order chi connectivity index (χ1) is 53.2. The zero-order valence-electron chi connectivity index (χ0n) is 71.7. The molecule has 2 amide bonds. The van der Waals surface area contributed by atoms with Gasteiger partial charge in [0, 0.05) is 109 Å². The number of unbranched alkanes of at least 4 members (excludes halogenated alkanes) is 6. The van der Waals surface area contributed by atoms with E-state index in [4.69, 9.17) is 78.6 Å². The van der Waals surface area contributed by atoms with E-state index in [2.05, 4.69) is 111 Å². The van der Waals surface area contributed by atoms with Gasteiger partial charge in [-0.1, -0.05) is 142 Å². The molecule has 25 nitrogen and oxygen atoms in total. The van der Waals surface area contributed by atoms with Crippen LogP contribution < -0.4 is 16.4 Å². The lowest BCUT2D eigenvalue weighted by Gasteiger charge is -2.43. The lowest BCUT2D eigenvalue weighted by Crippen LogP contribution is -2.47. The van der Waals surface area contributed by atoms with Gasteiger partial charge in [-0.3, -0.25) is 33.2 Å². The number of alkyl halides is 1. The van der Waals surface area contributed by atoms with E-state index in [1.165, 1.54) is 26.3 Å². The molecular weight excluding hydrogens is 1450 g/mol. The molecule has 10 unspecified atom stereocenters. The first-order valence-corrected chi connectivity index (χ1v) is 41.4. The van der Waals surface area contributed by atoms with Gasteiger partial charge in [0.25, 0.3) is 8.53 Å². The normalized spacial score (nSPS) is 24.6. The van der Waals surface area contributed by atoms with Crippen LogP contribution in [0.2, 0.25) is 0 Å². The standard InChI is InChI=1S/C29H54N3O7P.C27H43NO6.C17H30O6.C10H15NO.CH3F/c1-20(2)32(21(3)4)40(37-17-13-15-30)39-22(5)18-31-28(34)14-11-10-12-16-35-29-25(8)23(6)24(7)27(38-29)19-36-26(9)33;1-19(32-17-24-12-8-6-9-13-24)16-28-26(30)14-10-7-11-15-31-27-22(4)20(2)21(3)25(34-27)18-33-23(5)29;1-11-12(2)15(10-22-14(4)18)23-17(13(11)3)21-9-7-5-6-8-16(19)20;1-9(7-11)12-8-10-5-3-2-4-6-10;1-2/h20-25,27,29H,10-14,16-19H2,1-9H3,(H,31,34);6,8-9,12-13,19-22,25,27H,7,10-11,14-18H2,1-5H3,(H,28,30);11-13,15,17H,5-10H2,1-4H3,(H,19,20);2-6,9H,7-8,11H2,1H3;1H3/t22?,23-,24?,25+,27?,29-,40?;19?,20-,21?,22+,25?,27-;11-,12?,13+,15?,17-;;/m111../s1/i;;;;1D. The van der Waals surface area contributed by atoms with Crippen molar-refractivity contribution in [2.45, 2.75) is 296 Å². The number of nitriles is 1. The van der Waals surface area contributed by atoms with Gasteiger partial charge in [0.05, 0.1) is 77.5 Å². The van der Waals surface area contributed by atoms with Crippen molar-refractivity contribution in [2.75, 3.05) is 73.0 Å². The van der Waals surface area contributed by atoms with Gasteiger partial charge in [0.1, 0.15) is 19.8 Å². The molecule has 27 heteroatoms. The van der Waals surface area contributed by atoms with Crippen molar-refractivity contribution in [3.8, 4) is 6.07 Å². The van der Waals surface area contributed by atoms with Crippen LogP contribution >= 0.6 is 8.53 Å². The molecular formula is C84H145FN5O20P. The molecule has 2 aromatic carbocycles. The van der Waals surface area contributed by atoms with E-state index in [0.29, 0.717) is 115 Å². The number of rotatable bonds is 46. The van der Waals surface area contributed by atoms with Crippen molar-refractivity contribution >= 4 is 44.2 Å². The van der Waals surface area contributed by atoms with Gasteiger partial charge in [-0.05, 0) is 134 Å². The number of hydrogen-bond acceptors (Lipinski definition) is 22. The third-order valence-corrected chi connectivity index (χ3v) is 22.7. The highest BCUT2D eigenvalue weighted by Gasteiger charge is 2.43. The lowest BCUT2D eigenvalue weighted by molar-refractivity contribution is -0.255. The molecule has 3 heterocycles. The fourth-order valence-electron chi connectivity index (χ4n) is 12.4. The van der Waals surface area contributed by atoms with Crippen LogP contribution in [0.25, 0.3) is 0 Å². The molecule has 0 saturated carbocycles. The molecule has 5 rings (SSSR count). The van der Waals surface area contributed by atoms with Gasteiger partial charge in [-0.25, -0.2) is 4.67 Å². The van der Waals surface area contributed by atoms with Crippen molar-refractivity contribution in [1.82, 2.24) is 15.3 Å². The van der Waals surface area contributed by atoms with Crippen LogP contribution in [-0.2, 0) is 103 Å². The average molecular weight is 1600 g/mol. The monoisotopic (exact) mass is 1600 g/mol. The molecule has 19 atom stereocenters. The summed E-state index contributed by atoms with van der Waals surface area (Å²) in [7, 11) is -2.34. The van der Waals surface area contributed by atoms with E-state index in [1.807, 2.05) is 81.4 Å². The number of carbonyl (C=O) groups is 6. The molecule has 3 saturated heterocycles. The number of carboxylic acid groups (broad SMARTS) is 1. The minimum atomic E-state index is -1.34. The molecule has 3 fully saturated rings. The number of nitrogens with two attached hydrogens (primary N) is 1. The van der Waals surface area contributed by atoms with Gasteiger partial charge in [-0.15, -0.1) is 0 Å². The third kappa shape index (κ3) is 45.5. The predicted octanol–water partition coefficient (Wildman–Crippen LogP) is 15.0. The number of halogens is 1. The molecule has 0 spiro atoms. The third-order valence-electron chi connectivity index (χ3n) is 20.5. The van der Waals surface area contributed by atoms with Crippen LogP contribution in [0.1, 0.15) is 228 Å². The Morgan fingerprint density at radius 1 is 0.523 bits per heavy atom. The maximum Gasteiger partial charge on any atom is 0.303 e. The minimum Gasteiger partial charge on any atom is -0.481 e. The summed E-state index contributed by atoms with van der Waals surface area (Å²) in [5, 5.41) is 23.4. The fraction of sp³-hybridized carbons (Fsp3) is 0.774. The van der Waals surface area contributed by atoms with E-state index in [9.17, 15) is 33.2 Å². The molecule has 0 aliphatic carbocycles. The van der Waals surface area contributed by atoms with Crippen LogP contribution in [0.4, 0.5) is 4.39 Å². The van der Waals surface area contributed by atoms with Crippen LogP contribution in [0, 0.1) is 64.6 Å². The van der Waals surface area contributed by atoms with E-state index in [-0.39, 0.29) is 147 Å². The van der Waals surface area contributed by atoms with E-state index < -0.39 is 21.6 Å². The summed E-state index contributed by atoms with van der Waals surface area (Å²) in [6.45, 7) is 43.2. The summed E-state index contributed by atoms with van der Waals surface area (Å²) in [6, 6.07) is 22.7. The van der Waals surface area contributed by atoms with Crippen LogP contribution in [0.3, 0.4) is 0 Å². The largest absolute Gasteiger partial charge is 0.481 e. The second kappa shape index (κ2) is 61.1. The second-order valence-corrected chi connectivity index (χ2v) is 31.6. The Kier molecular flexibility index (Phi) is 56.0. The van der Waals surface area contributed by atoms with Crippen molar-refractivity contribution in [3.63, 3.8) is 0 Å². The SMILES string of the molecule is CC(=O)OCC1O[C@@H](OCCCCCC(=O)NCC(C)OCc2ccccc2)[C@@H](C)[C@H](C)C1C.CC(=O)OCC1O[C@@H](OCCCCCC(=O)NCC(C)OP(OCCC#N)N(C(C)C)C(C)C)[C@@H](C)[C@H](C)C1C.CC(=O)OCC1O[C@@H](OCCCCCC(=O)O)[C@@H](C)[C@H](C)C1C.CC(CN)OCc1ccccc1.[2H]CF. The van der Waals surface area contributed by atoms with Crippen LogP contribution in [-0.4, -0.2) is 186 Å². The summed E-state index contributed by atoms with van der Waals surface area (Å²) in [5.41, 5.74) is 7.73. The number of amides is 2. The minimum absolute atomic E-state index is 0.00367. The number of carboxylic acids is 1. The van der Waals surface area contributed by atoms with Gasteiger partial charge < -0.3 is 82.6 Å². The average Bonchev–Trinajstić information content (AvgIpc) is 0.827. The molecule has 3 aliphatic rings. The molecule has 111 heavy (non-hydrogen) atoms. The molecule has 2 aromatic rings. The highest BCUT2D eigenvalue weighted by Crippen LogP contribution is 2.47. The zero-order chi connectivity index (χ0) is 84.1. The molecule has 3 aliphatic heterocycles. The quantitative estimate of drug-likeness (QED) is 0.0207. The zero-order valence-corrected chi connectivity index (χ0v) is 71.6. The van der Waals surface area contributed by atoms with Crippen LogP contribution in [0.5, 0.6) is 0 Å². The van der Waals surface area contributed by atoms with Crippen molar-refractivity contribution in [1.29, 1.82) is 5.26 Å². The maximum absolute atomic E-state index is 12.4. The molecule has 0 bridgehead atoms. The molecule has 638 valence electrons. The number of hydrogen-bond donors (Lipinski definition) is 4. The highest BCUT2D eigenvalue weighted by molar-refractivity contribution is 7.44. The first-order valence-electron chi connectivity index (χ1n) is 41.0. The summed E-state index contributed by atoms with van der Waals surface area (Å²) >= 11 is 0. The highest BCUT2D eigenvalue weighted by atomic mass is 31.2. The first kappa shape index (κ1) is 102. The summed E-state index contributed by atoms with van der Waals surface area (Å²) in [6.07, 6.45) is 7.34. The van der Waals surface area contributed by atoms with Crippen molar-refractivity contribution in [2.24, 2.45) is 59.0 Å². The number of nitrogens with one attached hydrogen (secondary N) is 2.